The molecule has 0 radical (unpaired) electrons. The molecular formula is C25H24F2N2O4S. The van der Waals surface area contributed by atoms with Crippen LogP contribution in [-0.4, -0.2) is 33.9 Å². The van der Waals surface area contributed by atoms with Crippen LogP contribution in [0.2, 0.25) is 0 Å². The number of amides is 1. The molecule has 3 aromatic rings. The molecule has 0 saturated carbocycles. The Morgan fingerprint density at radius 1 is 1.03 bits per heavy atom. The fraction of sp³-hybridized carbons (Fsp3) is 0.240. The van der Waals surface area contributed by atoms with E-state index in [1.165, 1.54) is 17.0 Å². The molecule has 34 heavy (non-hydrogen) atoms. The van der Waals surface area contributed by atoms with Crippen molar-refractivity contribution in [3.63, 3.8) is 0 Å². The van der Waals surface area contributed by atoms with Crippen molar-refractivity contribution < 1.29 is 26.7 Å². The number of cyclic esters (lactones) is 1. The van der Waals surface area contributed by atoms with Gasteiger partial charge in [0.2, 0.25) is 10.0 Å². The van der Waals surface area contributed by atoms with E-state index in [2.05, 4.69) is 4.72 Å². The van der Waals surface area contributed by atoms with E-state index in [0.717, 1.165) is 17.9 Å². The highest BCUT2D eigenvalue weighted by Gasteiger charge is 2.42. The lowest BCUT2D eigenvalue weighted by atomic mass is 9.85. The minimum absolute atomic E-state index is 0.111. The van der Waals surface area contributed by atoms with E-state index in [1.54, 1.807) is 24.3 Å². The van der Waals surface area contributed by atoms with Gasteiger partial charge in [-0.3, -0.25) is 4.90 Å². The summed E-state index contributed by atoms with van der Waals surface area (Å²) in [6.45, 7) is 0.419. The first-order chi connectivity index (χ1) is 16.2. The zero-order chi connectivity index (χ0) is 24.3. The molecule has 0 aliphatic carbocycles. The lowest BCUT2D eigenvalue weighted by molar-refractivity contribution is -0.0144. The Morgan fingerprint density at radius 3 is 2.47 bits per heavy atom. The predicted octanol–water partition coefficient (Wildman–Crippen LogP) is 4.81. The molecule has 1 N–H and O–H groups in total. The highest BCUT2D eigenvalue weighted by molar-refractivity contribution is 7.88. The van der Waals surface area contributed by atoms with Gasteiger partial charge in [-0.15, -0.1) is 0 Å². The van der Waals surface area contributed by atoms with Gasteiger partial charge >= 0.3 is 6.09 Å². The summed E-state index contributed by atoms with van der Waals surface area (Å²) in [5.74, 6) is -1.36. The summed E-state index contributed by atoms with van der Waals surface area (Å²) in [5, 5.41) is 0. The number of rotatable bonds is 7. The Hall–Kier alpha value is -3.30. The van der Waals surface area contributed by atoms with Crippen LogP contribution in [0.15, 0.2) is 72.8 Å². The molecule has 1 saturated heterocycles. The SMILES string of the molecule is CS(=O)(=O)NCCC1(c2ccccc2)CCN(c2cccc(-c3ccc(F)cc3F)c2)C(=O)O1. The molecule has 1 atom stereocenters. The maximum Gasteiger partial charge on any atom is 0.415 e. The molecule has 178 valence electrons. The van der Waals surface area contributed by atoms with Crippen molar-refractivity contribution in [2.75, 3.05) is 24.2 Å². The van der Waals surface area contributed by atoms with Crippen LogP contribution in [0.25, 0.3) is 11.1 Å². The second kappa shape index (κ2) is 9.52. The summed E-state index contributed by atoms with van der Waals surface area (Å²) in [6.07, 6.45) is 1.17. The molecule has 1 unspecified atom stereocenters. The lowest BCUT2D eigenvalue weighted by Crippen LogP contribution is -2.49. The summed E-state index contributed by atoms with van der Waals surface area (Å²) < 4.78 is 59.1. The molecule has 0 spiro atoms. The van der Waals surface area contributed by atoms with Crippen LogP contribution in [-0.2, 0) is 20.4 Å². The first kappa shape index (κ1) is 23.8. The average Bonchev–Trinajstić information content (AvgIpc) is 2.79. The van der Waals surface area contributed by atoms with Gasteiger partial charge in [0, 0.05) is 43.2 Å². The Morgan fingerprint density at radius 2 is 1.79 bits per heavy atom. The molecule has 1 fully saturated rings. The van der Waals surface area contributed by atoms with Gasteiger partial charge in [-0.25, -0.2) is 26.7 Å². The number of ether oxygens (including phenoxy) is 1. The van der Waals surface area contributed by atoms with Crippen LogP contribution in [0.5, 0.6) is 0 Å². The molecule has 0 bridgehead atoms. The highest BCUT2D eigenvalue weighted by atomic mass is 32.2. The molecular weight excluding hydrogens is 462 g/mol. The standard InChI is InChI=1S/C25H24F2N2O4S/c1-34(31,32)28-14-12-25(19-7-3-2-4-8-19)13-15-29(24(30)33-25)21-9-5-6-18(16-21)22-11-10-20(26)17-23(22)27/h2-11,16-17,28H,12-15H2,1H3. The van der Waals surface area contributed by atoms with E-state index in [-0.39, 0.29) is 18.5 Å². The van der Waals surface area contributed by atoms with Crippen LogP contribution in [0, 0.1) is 11.6 Å². The number of carbonyl (C=O) groups excluding carboxylic acids is 1. The number of benzene rings is 3. The van der Waals surface area contributed by atoms with Crippen LogP contribution in [0.3, 0.4) is 0 Å². The molecule has 3 aromatic carbocycles. The molecule has 1 amide bonds. The van der Waals surface area contributed by atoms with Gasteiger partial charge in [0.15, 0.2) is 0 Å². The molecule has 1 aliphatic heterocycles. The third kappa shape index (κ3) is 5.26. The number of sulfonamides is 1. The molecule has 1 aliphatic rings. The maximum atomic E-state index is 14.3. The largest absolute Gasteiger partial charge is 0.438 e. The van der Waals surface area contributed by atoms with Crippen molar-refractivity contribution in [1.29, 1.82) is 0 Å². The molecule has 6 nitrogen and oxygen atoms in total. The Labute approximate surface area is 197 Å². The van der Waals surface area contributed by atoms with E-state index < -0.39 is 33.4 Å². The minimum atomic E-state index is -3.39. The van der Waals surface area contributed by atoms with Crippen molar-refractivity contribution >= 4 is 21.8 Å². The Kier molecular flexibility index (Phi) is 6.67. The first-order valence-electron chi connectivity index (χ1n) is 10.7. The van der Waals surface area contributed by atoms with Crippen molar-refractivity contribution in [2.24, 2.45) is 0 Å². The Balaban J connectivity index is 1.59. The molecule has 9 heteroatoms. The normalized spacial score (nSPS) is 18.6. The first-order valence-corrected chi connectivity index (χ1v) is 12.6. The van der Waals surface area contributed by atoms with Crippen molar-refractivity contribution in [3.05, 3.63) is 90.0 Å². The number of nitrogens with one attached hydrogen (secondary N) is 1. The van der Waals surface area contributed by atoms with E-state index in [1.807, 2.05) is 30.3 Å². The summed E-state index contributed by atoms with van der Waals surface area (Å²) in [4.78, 5) is 14.6. The second-order valence-electron chi connectivity index (χ2n) is 8.22. The monoisotopic (exact) mass is 486 g/mol. The zero-order valence-electron chi connectivity index (χ0n) is 18.5. The van der Waals surface area contributed by atoms with Crippen LogP contribution >= 0.6 is 0 Å². The zero-order valence-corrected chi connectivity index (χ0v) is 19.3. The fourth-order valence-corrected chi connectivity index (χ4v) is 4.63. The van der Waals surface area contributed by atoms with Gasteiger partial charge in [-0.05, 0) is 35.4 Å². The van der Waals surface area contributed by atoms with E-state index >= 15 is 0 Å². The Bertz CT molecular complexity index is 1300. The predicted molar refractivity (Wildman–Crippen MR) is 126 cm³/mol. The van der Waals surface area contributed by atoms with Gasteiger partial charge in [0.25, 0.3) is 0 Å². The van der Waals surface area contributed by atoms with Crippen LogP contribution in [0.4, 0.5) is 19.3 Å². The van der Waals surface area contributed by atoms with Crippen molar-refractivity contribution in [1.82, 2.24) is 4.72 Å². The van der Waals surface area contributed by atoms with Gasteiger partial charge in [-0.1, -0.05) is 42.5 Å². The summed E-state index contributed by atoms with van der Waals surface area (Å²) >= 11 is 0. The number of halogens is 2. The number of hydrogen-bond acceptors (Lipinski definition) is 4. The topological polar surface area (TPSA) is 75.7 Å². The summed E-state index contributed by atoms with van der Waals surface area (Å²) in [7, 11) is -3.39. The quantitative estimate of drug-likeness (QED) is 0.520. The van der Waals surface area contributed by atoms with Gasteiger partial charge < -0.3 is 4.74 Å². The fourth-order valence-electron chi connectivity index (χ4n) is 4.16. The highest BCUT2D eigenvalue weighted by Crippen LogP contribution is 2.39. The van der Waals surface area contributed by atoms with Gasteiger partial charge in [-0.2, -0.15) is 0 Å². The van der Waals surface area contributed by atoms with E-state index in [4.69, 9.17) is 4.74 Å². The van der Waals surface area contributed by atoms with Gasteiger partial charge in [0.1, 0.15) is 17.2 Å². The minimum Gasteiger partial charge on any atom is -0.438 e. The third-order valence-corrected chi connectivity index (χ3v) is 6.56. The van der Waals surface area contributed by atoms with E-state index in [0.29, 0.717) is 24.2 Å². The third-order valence-electron chi connectivity index (χ3n) is 5.84. The lowest BCUT2D eigenvalue weighted by Gasteiger charge is -2.41. The molecule has 0 aromatic heterocycles. The number of anilines is 1. The van der Waals surface area contributed by atoms with Gasteiger partial charge in [0.05, 0.1) is 6.26 Å². The maximum absolute atomic E-state index is 14.3. The summed E-state index contributed by atoms with van der Waals surface area (Å²) in [5.41, 5.74) is 1.02. The number of carbonyl (C=O) groups is 1. The average molecular weight is 487 g/mol. The van der Waals surface area contributed by atoms with E-state index in [9.17, 15) is 22.0 Å². The molecule has 1 heterocycles. The van der Waals surface area contributed by atoms with Crippen molar-refractivity contribution in [2.45, 2.75) is 18.4 Å². The number of nitrogens with zero attached hydrogens (tertiary/aromatic N) is 1. The smallest absolute Gasteiger partial charge is 0.415 e. The second-order valence-corrected chi connectivity index (χ2v) is 10.1. The van der Waals surface area contributed by atoms with Crippen molar-refractivity contribution in [3.8, 4) is 11.1 Å². The molecule has 4 rings (SSSR count). The summed E-state index contributed by atoms with van der Waals surface area (Å²) in [6, 6.07) is 19.3. The number of hydrogen-bond donors (Lipinski definition) is 1. The van der Waals surface area contributed by atoms with Crippen LogP contribution < -0.4 is 9.62 Å². The van der Waals surface area contributed by atoms with Crippen LogP contribution in [0.1, 0.15) is 18.4 Å².